The number of halogens is 2. The molecule has 0 spiro atoms. The highest BCUT2D eigenvalue weighted by Crippen LogP contribution is 2.20. The number of carbonyl (C=O) groups is 1. The molecule has 156 valence electrons. The van der Waals surface area contributed by atoms with Gasteiger partial charge >= 0.3 is 0 Å². The molecule has 1 fully saturated rings. The predicted octanol–water partition coefficient (Wildman–Crippen LogP) is 1.97. The van der Waals surface area contributed by atoms with Crippen molar-refractivity contribution in [2.75, 3.05) is 33.3 Å². The highest BCUT2D eigenvalue weighted by molar-refractivity contribution is 5.85. The normalized spacial score (nSPS) is 15.3. The number of hydrogen-bond donors (Lipinski definition) is 1. The summed E-state index contributed by atoms with van der Waals surface area (Å²) in [6.45, 7) is 5.40. The zero-order valence-electron chi connectivity index (χ0n) is 16.0. The van der Waals surface area contributed by atoms with Crippen LogP contribution in [0.2, 0.25) is 0 Å². The lowest BCUT2D eigenvalue weighted by molar-refractivity contribution is -0.133. The van der Waals surface area contributed by atoms with E-state index >= 15 is 0 Å². The minimum atomic E-state index is -0.102. The number of benzene rings is 1. The van der Waals surface area contributed by atoms with Gasteiger partial charge in [0.2, 0.25) is 17.6 Å². The standard InChI is InChI=1S/C18H25N5O3.2ClH/c1-13(19)11-17(24)23-9-7-22(8-10-23)12-16-20-18(21-26-16)14-3-5-15(25-2)6-4-14;;/h3-6,13H,7-12,19H2,1-2H3;2*1H. The smallest absolute Gasteiger partial charge is 0.241 e. The average molecular weight is 432 g/mol. The molecule has 28 heavy (non-hydrogen) atoms. The first-order valence-corrected chi connectivity index (χ1v) is 8.78. The van der Waals surface area contributed by atoms with Crippen LogP contribution in [0.3, 0.4) is 0 Å². The summed E-state index contributed by atoms with van der Waals surface area (Å²) in [4.78, 5) is 20.6. The molecule has 0 bridgehead atoms. The summed E-state index contributed by atoms with van der Waals surface area (Å²) in [5.74, 6) is 2.05. The molecule has 1 aromatic heterocycles. The fourth-order valence-corrected chi connectivity index (χ4v) is 2.93. The maximum Gasteiger partial charge on any atom is 0.241 e. The number of nitrogens with zero attached hydrogens (tertiary/aromatic N) is 4. The summed E-state index contributed by atoms with van der Waals surface area (Å²) in [5.41, 5.74) is 6.59. The fourth-order valence-electron chi connectivity index (χ4n) is 2.93. The van der Waals surface area contributed by atoms with Crippen LogP contribution < -0.4 is 10.5 Å². The van der Waals surface area contributed by atoms with E-state index in [1.54, 1.807) is 7.11 Å². The Balaban J connectivity index is 0.00000196. The maximum atomic E-state index is 12.1. The number of hydrogen-bond acceptors (Lipinski definition) is 7. The Bertz CT molecular complexity index is 731. The first kappa shape index (κ1) is 24.2. The van der Waals surface area contributed by atoms with Crippen LogP contribution in [0.25, 0.3) is 11.4 Å². The van der Waals surface area contributed by atoms with Gasteiger partial charge in [-0.2, -0.15) is 4.98 Å². The number of amides is 1. The molecule has 1 aliphatic heterocycles. The topological polar surface area (TPSA) is 97.7 Å². The predicted molar refractivity (Wildman–Crippen MR) is 111 cm³/mol. The van der Waals surface area contributed by atoms with Crippen LogP contribution in [0.1, 0.15) is 19.2 Å². The van der Waals surface area contributed by atoms with Gasteiger partial charge in [-0.25, -0.2) is 0 Å². The highest BCUT2D eigenvalue weighted by Gasteiger charge is 2.23. The van der Waals surface area contributed by atoms with E-state index in [2.05, 4.69) is 15.0 Å². The van der Waals surface area contributed by atoms with E-state index in [1.165, 1.54) is 0 Å². The van der Waals surface area contributed by atoms with Gasteiger partial charge in [0.25, 0.3) is 0 Å². The molecule has 1 aromatic carbocycles. The molecule has 1 unspecified atom stereocenters. The SMILES string of the molecule is COc1ccc(-c2noc(CN3CCN(C(=O)CC(C)N)CC3)n2)cc1.Cl.Cl. The Morgan fingerprint density at radius 1 is 1.21 bits per heavy atom. The van der Waals surface area contributed by atoms with Crippen molar-refractivity contribution < 1.29 is 14.1 Å². The molecule has 1 atom stereocenters. The second-order valence-electron chi connectivity index (χ2n) is 6.58. The monoisotopic (exact) mass is 431 g/mol. The van der Waals surface area contributed by atoms with Gasteiger partial charge in [0.05, 0.1) is 13.7 Å². The zero-order valence-corrected chi connectivity index (χ0v) is 17.7. The van der Waals surface area contributed by atoms with E-state index < -0.39 is 0 Å². The summed E-state index contributed by atoms with van der Waals surface area (Å²) >= 11 is 0. The summed E-state index contributed by atoms with van der Waals surface area (Å²) in [6.07, 6.45) is 0.398. The van der Waals surface area contributed by atoms with E-state index in [1.807, 2.05) is 36.1 Å². The summed E-state index contributed by atoms with van der Waals surface area (Å²) in [7, 11) is 1.63. The van der Waals surface area contributed by atoms with Crippen molar-refractivity contribution in [3.8, 4) is 17.1 Å². The number of aromatic nitrogens is 2. The number of carbonyl (C=O) groups excluding carboxylic acids is 1. The maximum absolute atomic E-state index is 12.1. The summed E-state index contributed by atoms with van der Waals surface area (Å²) < 4.78 is 10.5. The first-order chi connectivity index (χ1) is 12.5. The second kappa shape index (κ2) is 11.2. The second-order valence-corrected chi connectivity index (χ2v) is 6.58. The van der Waals surface area contributed by atoms with Crippen LogP contribution in [0.15, 0.2) is 28.8 Å². The molecule has 1 saturated heterocycles. The van der Waals surface area contributed by atoms with Crippen molar-refractivity contribution in [1.82, 2.24) is 19.9 Å². The Morgan fingerprint density at radius 2 is 1.86 bits per heavy atom. The third kappa shape index (κ3) is 6.34. The number of methoxy groups -OCH3 is 1. The quantitative estimate of drug-likeness (QED) is 0.745. The van der Waals surface area contributed by atoms with Crippen LogP contribution in [0.4, 0.5) is 0 Å². The van der Waals surface area contributed by atoms with Crippen LogP contribution in [-0.4, -0.2) is 65.2 Å². The minimum absolute atomic E-state index is 0. The van der Waals surface area contributed by atoms with Crippen molar-refractivity contribution in [2.45, 2.75) is 25.9 Å². The van der Waals surface area contributed by atoms with Gasteiger partial charge in [0, 0.05) is 44.2 Å². The third-order valence-electron chi connectivity index (χ3n) is 4.40. The molecule has 8 nitrogen and oxygen atoms in total. The fraction of sp³-hybridized carbons (Fsp3) is 0.500. The van der Waals surface area contributed by atoms with Crippen molar-refractivity contribution in [1.29, 1.82) is 0 Å². The van der Waals surface area contributed by atoms with E-state index in [9.17, 15) is 4.79 Å². The van der Waals surface area contributed by atoms with Gasteiger partial charge < -0.3 is 19.9 Å². The Labute approximate surface area is 177 Å². The third-order valence-corrected chi connectivity index (χ3v) is 4.40. The van der Waals surface area contributed by atoms with Gasteiger partial charge in [-0.05, 0) is 31.2 Å². The summed E-state index contributed by atoms with van der Waals surface area (Å²) in [6, 6.07) is 7.43. The largest absolute Gasteiger partial charge is 0.497 e. The number of piperazine rings is 1. The van der Waals surface area contributed by atoms with Crippen molar-refractivity contribution >= 4 is 30.7 Å². The average Bonchev–Trinajstić information content (AvgIpc) is 3.10. The van der Waals surface area contributed by atoms with Crippen LogP contribution in [-0.2, 0) is 11.3 Å². The van der Waals surface area contributed by atoms with Gasteiger partial charge in [0.15, 0.2) is 0 Å². The Morgan fingerprint density at radius 3 is 2.43 bits per heavy atom. The molecule has 1 aliphatic rings. The van der Waals surface area contributed by atoms with Gasteiger partial charge in [-0.15, -0.1) is 24.8 Å². The van der Waals surface area contributed by atoms with Crippen molar-refractivity contribution in [3.05, 3.63) is 30.2 Å². The molecule has 3 rings (SSSR count). The molecular formula is C18H27Cl2N5O3. The molecule has 0 saturated carbocycles. The lowest BCUT2D eigenvalue weighted by atomic mass is 10.2. The molecule has 2 aromatic rings. The van der Waals surface area contributed by atoms with Crippen LogP contribution in [0.5, 0.6) is 5.75 Å². The Kier molecular flexibility index (Phi) is 9.68. The zero-order chi connectivity index (χ0) is 18.5. The highest BCUT2D eigenvalue weighted by atomic mass is 35.5. The lowest BCUT2D eigenvalue weighted by Crippen LogP contribution is -2.49. The van der Waals surface area contributed by atoms with E-state index in [-0.39, 0.29) is 36.8 Å². The molecule has 2 N–H and O–H groups in total. The van der Waals surface area contributed by atoms with E-state index in [0.29, 0.717) is 37.8 Å². The minimum Gasteiger partial charge on any atom is -0.497 e. The molecular weight excluding hydrogens is 405 g/mol. The first-order valence-electron chi connectivity index (χ1n) is 8.78. The van der Waals surface area contributed by atoms with E-state index in [4.69, 9.17) is 15.0 Å². The van der Waals surface area contributed by atoms with Crippen LogP contribution in [0, 0.1) is 0 Å². The lowest BCUT2D eigenvalue weighted by Gasteiger charge is -2.34. The summed E-state index contributed by atoms with van der Waals surface area (Å²) in [5, 5.41) is 4.05. The number of rotatable bonds is 6. The van der Waals surface area contributed by atoms with Crippen molar-refractivity contribution in [2.24, 2.45) is 5.73 Å². The molecule has 0 aliphatic carbocycles. The molecule has 10 heteroatoms. The molecule has 2 heterocycles. The van der Waals surface area contributed by atoms with E-state index in [0.717, 1.165) is 24.4 Å². The molecule has 0 radical (unpaired) electrons. The number of nitrogens with two attached hydrogens (primary N) is 1. The van der Waals surface area contributed by atoms with Gasteiger partial charge in [-0.3, -0.25) is 9.69 Å². The number of ether oxygens (including phenoxy) is 1. The molecule has 1 amide bonds. The van der Waals surface area contributed by atoms with Gasteiger partial charge in [-0.1, -0.05) is 5.16 Å². The van der Waals surface area contributed by atoms with Crippen molar-refractivity contribution in [3.63, 3.8) is 0 Å². The van der Waals surface area contributed by atoms with Gasteiger partial charge in [0.1, 0.15) is 5.75 Å². The van der Waals surface area contributed by atoms with Crippen LogP contribution >= 0.6 is 24.8 Å². The Hall–Kier alpha value is -1.87.